The minimum atomic E-state index is -4.11. The molecule has 4 aromatic rings. The number of nitrogens with one attached hydrogen (secondary N) is 4. The number of benzene rings is 4. The molecule has 4 aromatic carbocycles. The Labute approximate surface area is 307 Å². The van der Waals surface area contributed by atoms with Gasteiger partial charge in [0.15, 0.2) is 0 Å². The van der Waals surface area contributed by atoms with Crippen molar-refractivity contribution in [3.63, 3.8) is 0 Å². The Morgan fingerprint density at radius 3 is 1.51 bits per heavy atom. The van der Waals surface area contributed by atoms with Gasteiger partial charge in [-0.25, -0.2) is 18.0 Å². The van der Waals surface area contributed by atoms with Crippen molar-refractivity contribution in [3.8, 4) is 0 Å². The first-order chi connectivity index (χ1) is 25.3. The summed E-state index contributed by atoms with van der Waals surface area (Å²) in [6.07, 6.45) is 5.12. The van der Waals surface area contributed by atoms with Gasteiger partial charge in [-0.1, -0.05) is 51.0 Å². The Balaban J connectivity index is 1.33. The third-order valence-electron chi connectivity index (χ3n) is 8.23. The number of hydrogen-bond acceptors (Lipinski definition) is 7. The largest absolute Gasteiger partial charge is 0.478 e. The first kappa shape index (κ1) is 39.8. The number of anilines is 4. The Kier molecular flexibility index (Phi) is 13.9. The second kappa shape index (κ2) is 18.5. The van der Waals surface area contributed by atoms with Gasteiger partial charge in [-0.2, -0.15) is 0 Å². The molecule has 0 aliphatic carbocycles. The van der Waals surface area contributed by atoms with Gasteiger partial charge in [0.05, 0.1) is 27.4 Å². The molecule has 0 aromatic heterocycles. The van der Waals surface area contributed by atoms with Crippen LogP contribution in [0.3, 0.4) is 0 Å². The van der Waals surface area contributed by atoms with Gasteiger partial charge in [0.2, 0.25) is 11.8 Å². The number of sulfonamides is 1. The summed E-state index contributed by atoms with van der Waals surface area (Å²) < 4.78 is 28.3. The van der Waals surface area contributed by atoms with E-state index in [0.717, 1.165) is 55.7 Å². The predicted octanol–water partition coefficient (Wildman–Crippen LogP) is 7.18. The number of unbranched alkanes of at least 4 members (excludes halogenated alkanes) is 2. The van der Waals surface area contributed by atoms with E-state index in [1.165, 1.54) is 42.5 Å². The van der Waals surface area contributed by atoms with Gasteiger partial charge in [0, 0.05) is 29.8 Å². The molecular formula is C39H42N4O9S. The summed E-state index contributed by atoms with van der Waals surface area (Å²) in [6, 6.07) is 21.0. The number of aromatic carboxylic acids is 2. The number of amides is 3. The minimum absolute atomic E-state index is 0.0333. The zero-order valence-corrected chi connectivity index (χ0v) is 30.2. The Bertz CT molecular complexity index is 2080. The number of hydrogen-bond donors (Lipinski definition) is 6. The monoisotopic (exact) mass is 742 g/mol. The lowest BCUT2D eigenvalue weighted by molar-refractivity contribution is -0.121. The molecule has 0 heterocycles. The van der Waals surface area contributed by atoms with E-state index in [0.29, 0.717) is 5.56 Å². The van der Waals surface area contributed by atoms with Crippen LogP contribution in [0.5, 0.6) is 0 Å². The molecule has 13 nitrogen and oxygen atoms in total. The van der Waals surface area contributed by atoms with Gasteiger partial charge in [-0.15, -0.1) is 0 Å². The number of carbonyl (C=O) groups excluding carboxylic acids is 3. The highest BCUT2D eigenvalue weighted by molar-refractivity contribution is 7.92. The third kappa shape index (κ3) is 11.5. The molecular weight excluding hydrogens is 701 g/mol. The first-order valence-electron chi connectivity index (χ1n) is 17.2. The normalized spacial score (nSPS) is 11.0. The maximum Gasteiger partial charge on any atom is 0.337 e. The highest BCUT2D eigenvalue weighted by Crippen LogP contribution is 2.26. The maximum atomic E-state index is 13.0. The molecule has 0 fully saturated rings. The fraction of sp³-hybridized carbons (Fsp3) is 0.256. The quantitative estimate of drug-likeness (QED) is 0.0609. The number of rotatable bonds is 18. The lowest BCUT2D eigenvalue weighted by Gasteiger charge is -2.13. The van der Waals surface area contributed by atoms with Gasteiger partial charge in [-0.3, -0.25) is 19.1 Å². The van der Waals surface area contributed by atoms with Gasteiger partial charge < -0.3 is 26.2 Å². The molecule has 0 atom stereocenters. The van der Waals surface area contributed by atoms with E-state index in [9.17, 15) is 42.6 Å². The van der Waals surface area contributed by atoms with E-state index in [1.807, 2.05) is 12.1 Å². The van der Waals surface area contributed by atoms with E-state index in [4.69, 9.17) is 0 Å². The predicted molar refractivity (Wildman–Crippen MR) is 202 cm³/mol. The van der Waals surface area contributed by atoms with Crippen molar-refractivity contribution in [1.82, 2.24) is 0 Å². The van der Waals surface area contributed by atoms with E-state index in [1.54, 1.807) is 24.3 Å². The van der Waals surface area contributed by atoms with Crippen LogP contribution in [0.15, 0.2) is 89.8 Å². The molecule has 0 aliphatic heterocycles. The van der Waals surface area contributed by atoms with Crippen LogP contribution < -0.4 is 20.7 Å². The van der Waals surface area contributed by atoms with Crippen LogP contribution in [-0.2, 0) is 32.5 Å². The molecule has 6 N–H and O–H groups in total. The van der Waals surface area contributed by atoms with Crippen molar-refractivity contribution in [2.45, 2.75) is 70.1 Å². The highest BCUT2D eigenvalue weighted by atomic mass is 32.2. The van der Waals surface area contributed by atoms with Crippen LogP contribution in [0.4, 0.5) is 22.7 Å². The second-order valence-electron chi connectivity index (χ2n) is 12.3. The van der Waals surface area contributed by atoms with Crippen LogP contribution in [0.1, 0.15) is 94.6 Å². The van der Waals surface area contributed by atoms with Crippen molar-refractivity contribution < 1.29 is 42.6 Å². The van der Waals surface area contributed by atoms with Crippen molar-refractivity contribution in [2.75, 3.05) is 20.7 Å². The first-order valence-corrected chi connectivity index (χ1v) is 18.6. The molecule has 0 saturated carbocycles. The maximum absolute atomic E-state index is 13.0. The van der Waals surface area contributed by atoms with Gasteiger partial charge in [0.1, 0.15) is 0 Å². The summed E-state index contributed by atoms with van der Waals surface area (Å²) in [5.41, 5.74) is 1.80. The van der Waals surface area contributed by atoms with E-state index in [2.05, 4.69) is 34.5 Å². The Morgan fingerprint density at radius 1 is 0.585 bits per heavy atom. The van der Waals surface area contributed by atoms with E-state index >= 15 is 0 Å². The smallest absolute Gasteiger partial charge is 0.337 e. The lowest BCUT2D eigenvalue weighted by atomic mass is 10.1. The summed E-state index contributed by atoms with van der Waals surface area (Å²) >= 11 is 0. The lowest BCUT2D eigenvalue weighted by Crippen LogP contribution is -2.19. The van der Waals surface area contributed by atoms with Crippen molar-refractivity contribution in [1.29, 1.82) is 0 Å². The molecule has 0 radical (unpaired) electrons. The fourth-order valence-corrected chi connectivity index (χ4v) is 6.37. The Hall–Kier alpha value is -6.02. The Morgan fingerprint density at radius 2 is 1.04 bits per heavy atom. The van der Waals surface area contributed by atoms with Gasteiger partial charge in [-0.05, 0) is 97.5 Å². The fourth-order valence-electron chi connectivity index (χ4n) is 5.29. The molecule has 0 aliphatic rings. The van der Waals surface area contributed by atoms with Crippen LogP contribution >= 0.6 is 0 Å². The molecule has 0 bridgehead atoms. The standard InChI is InChI=1S/C39H42N4O9S/c1-3-5-7-25-9-13-27(14-10-25)37(46)42-33-19-15-28(23-31(33)38(47)48)40-35(44)21-22-36(45)41-29-16-20-34(32(24-29)39(49)50)43-53(51,52)30-17-11-26(12-18-30)8-6-4-2/h9-20,23-24,43H,3-8,21-22H2,1-2H3,(H,40,44)(H,41,45)(H,42,46)(H,47,48)(H,49,50). The number of carboxylic acids is 2. The third-order valence-corrected chi connectivity index (χ3v) is 9.61. The zero-order chi connectivity index (χ0) is 38.5. The van der Waals surface area contributed by atoms with Crippen LogP contribution in [0.25, 0.3) is 0 Å². The summed E-state index contributed by atoms with van der Waals surface area (Å²) in [7, 11) is -4.11. The topological polar surface area (TPSA) is 208 Å². The van der Waals surface area contributed by atoms with E-state index in [-0.39, 0.29) is 46.1 Å². The summed E-state index contributed by atoms with van der Waals surface area (Å²) in [5, 5.41) is 27.2. The van der Waals surface area contributed by atoms with Gasteiger partial charge in [0.25, 0.3) is 15.9 Å². The van der Waals surface area contributed by atoms with Crippen LogP contribution in [-0.4, -0.2) is 48.3 Å². The average molecular weight is 743 g/mol. The molecule has 14 heteroatoms. The molecule has 53 heavy (non-hydrogen) atoms. The summed E-state index contributed by atoms with van der Waals surface area (Å²) in [4.78, 5) is 62.0. The molecule has 0 saturated heterocycles. The second-order valence-corrected chi connectivity index (χ2v) is 14.0. The zero-order valence-electron chi connectivity index (χ0n) is 29.4. The number of aryl methyl sites for hydroxylation is 2. The average Bonchev–Trinajstić information content (AvgIpc) is 3.13. The SMILES string of the molecule is CCCCc1ccc(C(=O)Nc2ccc(NC(=O)CCC(=O)Nc3ccc(NS(=O)(=O)c4ccc(CCCC)cc4)c(C(=O)O)c3)cc2C(=O)O)cc1. The highest BCUT2D eigenvalue weighted by Gasteiger charge is 2.20. The molecule has 4 rings (SSSR count). The summed E-state index contributed by atoms with van der Waals surface area (Å²) in [5.74, 6) is -4.49. The molecule has 0 spiro atoms. The molecule has 3 amide bonds. The molecule has 278 valence electrons. The van der Waals surface area contributed by atoms with Gasteiger partial charge >= 0.3 is 11.9 Å². The van der Waals surface area contributed by atoms with Crippen LogP contribution in [0.2, 0.25) is 0 Å². The minimum Gasteiger partial charge on any atom is -0.478 e. The van der Waals surface area contributed by atoms with Crippen molar-refractivity contribution >= 4 is 62.4 Å². The van der Waals surface area contributed by atoms with E-state index < -0.39 is 45.2 Å². The summed E-state index contributed by atoms with van der Waals surface area (Å²) in [6.45, 7) is 4.15. The number of carboxylic acid groups (broad SMARTS) is 2. The number of carbonyl (C=O) groups is 5. The van der Waals surface area contributed by atoms with Crippen molar-refractivity contribution in [2.24, 2.45) is 0 Å². The van der Waals surface area contributed by atoms with Crippen molar-refractivity contribution in [3.05, 3.63) is 113 Å². The molecule has 0 unspecified atom stereocenters. The van der Waals surface area contributed by atoms with Crippen LogP contribution in [0, 0.1) is 0 Å².